The molecule has 0 N–H and O–H groups in total. The highest BCUT2D eigenvalue weighted by Gasteiger charge is 2.37. The van der Waals surface area contributed by atoms with Gasteiger partial charge in [0, 0.05) is 12.1 Å². The highest BCUT2D eigenvalue weighted by Crippen LogP contribution is 2.23. The summed E-state index contributed by atoms with van der Waals surface area (Å²) < 4.78 is 5.31. The van der Waals surface area contributed by atoms with Gasteiger partial charge in [0.2, 0.25) is 17.6 Å². The molecule has 0 spiro atoms. The Labute approximate surface area is 178 Å². The Morgan fingerprint density at radius 2 is 1.84 bits per heavy atom. The van der Waals surface area contributed by atoms with Crippen LogP contribution in [-0.4, -0.2) is 50.8 Å². The maximum atomic E-state index is 12.9. The van der Waals surface area contributed by atoms with E-state index >= 15 is 0 Å². The fourth-order valence-corrected chi connectivity index (χ4v) is 3.41. The molecule has 0 radical (unpaired) electrons. The molecular formula is C23H20N4O4. The zero-order chi connectivity index (χ0) is 22.0. The fraction of sp³-hybridized carbons (Fsp3) is 0.174. The van der Waals surface area contributed by atoms with Crippen molar-refractivity contribution < 1.29 is 18.9 Å². The summed E-state index contributed by atoms with van der Waals surface area (Å²) in [7, 11) is 0. The fourth-order valence-electron chi connectivity index (χ4n) is 3.41. The first-order valence-corrected chi connectivity index (χ1v) is 9.71. The molecule has 3 aromatic rings. The predicted molar refractivity (Wildman–Crippen MR) is 112 cm³/mol. The van der Waals surface area contributed by atoms with Crippen molar-refractivity contribution in [2.24, 2.45) is 0 Å². The lowest BCUT2D eigenvalue weighted by Crippen LogP contribution is -2.42. The molecule has 0 saturated carbocycles. The summed E-state index contributed by atoms with van der Waals surface area (Å²) in [5, 5.41) is 3.99. The van der Waals surface area contributed by atoms with Crippen LogP contribution in [-0.2, 0) is 11.3 Å². The van der Waals surface area contributed by atoms with E-state index in [0.29, 0.717) is 17.0 Å². The maximum Gasteiger partial charge on any atom is 0.262 e. The van der Waals surface area contributed by atoms with Gasteiger partial charge in [-0.2, -0.15) is 4.98 Å². The summed E-state index contributed by atoms with van der Waals surface area (Å²) in [5.41, 5.74) is 2.47. The molecule has 1 aliphatic rings. The molecule has 156 valence electrons. The first kappa shape index (κ1) is 20.2. The smallest absolute Gasteiger partial charge is 0.262 e. The first-order chi connectivity index (χ1) is 15.0. The van der Waals surface area contributed by atoms with Crippen LogP contribution in [0.15, 0.2) is 65.7 Å². The molecule has 0 saturated heterocycles. The van der Waals surface area contributed by atoms with Gasteiger partial charge in [-0.1, -0.05) is 47.1 Å². The summed E-state index contributed by atoms with van der Waals surface area (Å²) in [6.07, 6.45) is 1.55. The molecule has 4 rings (SSSR count). The number of rotatable bonds is 7. The standard InChI is InChI=1S/C23H20N4O4/c1-3-11-26(13-19-24-21(25-31-19)16-8-6-7-15(2)12-16)20(28)14-27-22(29)17-9-4-5-10-18(17)23(27)30/h3-10,12H,1,11,13-14H2,2H3. The van der Waals surface area contributed by atoms with Crippen molar-refractivity contribution >= 4 is 17.7 Å². The monoisotopic (exact) mass is 416 g/mol. The molecular weight excluding hydrogens is 396 g/mol. The summed E-state index contributed by atoms with van der Waals surface area (Å²) in [6, 6.07) is 14.2. The first-order valence-electron chi connectivity index (χ1n) is 9.71. The van der Waals surface area contributed by atoms with Crippen LogP contribution in [0.1, 0.15) is 32.2 Å². The molecule has 8 nitrogen and oxygen atoms in total. The van der Waals surface area contributed by atoms with Crippen LogP contribution >= 0.6 is 0 Å². The van der Waals surface area contributed by atoms with Crippen molar-refractivity contribution in [3.63, 3.8) is 0 Å². The zero-order valence-electron chi connectivity index (χ0n) is 16.9. The molecule has 2 aromatic carbocycles. The number of amides is 3. The lowest BCUT2D eigenvalue weighted by atomic mass is 10.1. The van der Waals surface area contributed by atoms with Crippen molar-refractivity contribution in [3.05, 3.63) is 83.8 Å². The van der Waals surface area contributed by atoms with Gasteiger partial charge in [0.15, 0.2) is 0 Å². The number of imide groups is 1. The largest absolute Gasteiger partial charge is 0.337 e. The van der Waals surface area contributed by atoms with E-state index in [9.17, 15) is 14.4 Å². The van der Waals surface area contributed by atoms with E-state index in [-0.39, 0.29) is 25.5 Å². The summed E-state index contributed by atoms with van der Waals surface area (Å²) in [5.74, 6) is -0.720. The van der Waals surface area contributed by atoms with E-state index in [1.165, 1.54) is 4.90 Å². The van der Waals surface area contributed by atoms with E-state index in [4.69, 9.17) is 4.52 Å². The third-order valence-corrected chi connectivity index (χ3v) is 4.94. The average Bonchev–Trinajstić information content (AvgIpc) is 3.33. The number of fused-ring (bicyclic) bond motifs is 1. The molecule has 0 atom stereocenters. The number of carbonyl (C=O) groups is 3. The van der Waals surface area contributed by atoms with Crippen molar-refractivity contribution in [1.29, 1.82) is 0 Å². The summed E-state index contributed by atoms with van der Waals surface area (Å²) in [4.78, 5) is 44.7. The minimum Gasteiger partial charge on any atom is -0.337 e. The quantitative estimate of drug-likeness (QED) is 0.434. The highest BCUT2D eigenvalue weighted by atomic mass is 16.5. The van der Waals surface area contributed by atoms with E-state index in [1.807, 2.05) is 31.2 Å². The van der Waals surface area contributed by atoms with E-state index in [1.54, 1.807) is 30.3 Å². The summed E-state index contributed by atoms with van der Waals surface area (Å²) >= 11 is 0. The molecule has 0 fully saturated rings. The number of hydrogen-bond acceptors (Lipinski definition) is 6. The SMILES string of the molecule is C=CCN(Cc1nc(-c2cccc(C)c2)no1)C(=O)CN1C(=O)c2ccccc2C1=O. The normalized spacial score (nSPS) is 12.7. The van der Waals surface area contributed by atoms with Crippen LogP contribution in [0.25, 0.3) is 11.4 Å². The summed E-state index contributed by atoms with van der Waals surface area (Å²) in [6.45, 7) is 5.50. The lowest BCUT2D eigenvalue weighted by Gasteiger charge is -2.22. The Morgan fingerprint density at radius 1 is 1.13 bits per heavy atom. The Balaban J connectivity index is 1.48. The van der Waals surface area contributed by atoms with Crippen molar-refractivity contribution in [2.75, 3.05) is 13.1 Å². The van der Waals surface area contributed by atoms with Crippen LogP contribution in [0.3, 0.4) is 0 Å². The van der Waals surface area contributed by atoms with Gasteiger partial charge in [0.05, 0.1) is 11.1 Å². The van der Waals surface area contributed by atoms with E-state index in [2.05, 4.69) is 16.7 Å². The van der Waals surface area contributed by atoms with Gasteiger partial charge in [0.1, 0.15) is 13.1 Å². The average molecular weight is 416 g/mol. The molecule has 31 heavy (non-hydrogen) atoms. The molecule has 1 aliphatic heterocycles. The van der Waals surface area contributed by atoms with Crippen molar-refractivity contribution in [2.45, 2.75) is 13.5 Å². The van der Waals surface area contributed by atoms with Gasteiger partial charge >= 0.3 is 0 Å². The van der Waals surface area contributed by atoms with Gasteiger partial charge in [0.25, 0.3) is 11.8 Å². The van der Waals surface area contributed by atoms with Crippen LogP contribution in [0.4, 0.5) is 0 Å². The second kappa shape index (κ2) is 8.35. The number of aryl methyl sites for hydroxylation is 1. The molecule has 0 unspecified atom stereocenters. The molecule has 8 heteroatoms. The van der Waals surface area contributed by atoms with Gasteiger partial charge in [-0.25, -0.2) is 0 Å². The highest BCUT2D eigenvalue weighted by molar-refractivity contribution is 6.22. The Kier molecular flexibility index (Phi) is 5.44. The second-order valence-corrected chi connectivity index (χ2v) is 7.19. The molecule has 1 aromatic heterocycles. The Morgan fingerprint density at radius 3 is 2.48 bits per heavy atom. The number of hydrogen-bond donors (Lipinski definition) is 0. The third kappa shape index (κ3) is 4.00. The predicted octanol–water partition coefficient (Wildman–Crippen LogP) is 2.86. The Bertz CT molecular complexity index is 1150. The van der Waals surface area contributed by atoms with Gasteiger partial charge in [-0.05, 0) is 25.1 Å². The van der Waals surface area contributed by atoms with E-state index in [0.717, 1.165) is 16.0 Å². The molecule has 0 bridgehead atoms. The van der Waals surface area contributed by atoms with Crippen LogP contribution in [0, 0.1) is 6.92 Å². The minimum absolute atomic E-state index is 0.0346. The number of carbonyl (C=O) groups excluding carboxylic acids is 3. The van der Waals surface area contributed by atoms with Crippen LogP contribution < -0.4 is 0 Å². The van der Waals surface area contributed by atoms with Gasteiger partial charge < -0.3 is 9.42 Å². The van der Waals surface area contributed by atoms with Crippen LogP contribution in [0.2, 0.25) is 0 Å². The number of aromatic nitrogens is 2. The number of benzene rings is 2. The molecule has 0 aliphatic carbocycles. The van der Waals surface area contributed by atoms with Crippen molar-refractivity contribution in [1.82, 2.24) is 19.9 Å². The van der Waals surface area contributed by atoms with Crippen LogP contribution in [0.5, 0.6) is 0 Å². The topological polar surface area (TPSA) is 96.6 Å². The molecule has 2 heterocycles. The number of nitrogens with zero attached hydrogens (tertiary/aromatic N) is 4. The zero-order valence-corrected chi connectivity index (χ0v) is 16.9. The second-order valence-electron chi connectivity index (χ2n) is 7.19. The minimum atomic E-state index is -0.480. The third-order valence-electron chi connectivity index (χ3n) is 4.94. The Hall–Kier alpha value is -4.07. The molecule has 3 amide bonds. The van der Waals surface area contributed by atoms with Gasteiger partial charge in [-0.15, -0.1) is 6.58 Å². The lowest BCUT2D eigenvalue weighted by molar-refractivity contribution is -0.131. The van der Waals surface area contributed by atoms with Gasteiger partial charge in [-0.3, -0.25) is 19.3 Å². The van der Waals surface area contributed by atoms with E-state index < -0.39 is 17.7 Å². The van der Waals surface area contributed by atoms with Crippen molar-refractivity contribution in [3.8, 4) is 11.4 Å². The maximum absolute atomic E-state index is 12.9.